The number of fused-ring (bicyclic) bond motifs is 1. The number of amides is 2. The van der Waals surface area contributed by atoms with Gasteiger partial charge in [0.25, 0.3) is 0 Å². The minimum atomic E-state index is -0.596. The first-order valence-electron chi connectivity index (χ1n) is 9.31. The van der Waals surface area contributed by atoms with E-state index in [2.05, 4.69) is 19.2 Å². The summed E-state index contributed by atoms with van der Waals surface area (Å²) in [4.78, 5) is 28.5. The molecule has 0 saturated carbocycles. The second kappa shape index (κ2) is 8.27. The van der Waals surface area contributed by atoms with Gasteiger partial charge in [-0.25, -0.2) is 0 Å². The zero-order valence-electron chi connectivity index (χ0n) is 16.7. The number of carbonyl (C=O) groups excluding carboxylic acids is 2. The quantitative estimate of drug-likeness (QED) is 0.827. The molecular formula is C22H26N2O3S. The number of hydrogen-bond acceptors (Lipinski definition) is 4. The summed E-state index contributed by atoms with van der Waals surface area (Å²) >= 11 is 1.68. The molecule has 0 saturated heterocycles. The molecule has 1 unspecified atom stereocenters. The highest BCUT2D eigenvalue weighted by molar-refractivity contribution is 8.00. The number of anilines is 1. The molecule has 0 aliphatic carbocycles. The summed E-state index contributed by atoms with van der Waals surface area (Å²) in [6, 6.07) is 14.7. The highest BCUT2D eigenvalue weighted by Gasteiger charge is 2.37. The Kier molecular flexibility index (Phi) is 5.98. The van der Waals surface area contributed by atoms with Gasteiger partial charge in [0.05, 0.1) is 12.8 Å². The van der Waals surface area contributed by atoms with E-state index in [9.17, 15) is 9.59 Å². The molecule has 1 N–H and O–H groups in total. The van der Waals surface area contributed by atoms with Gasteiger partial charge in [-0.1, -0.05) is 24.3 Å². The molecule has 2 aromatic carbocycles. The van der Waals surface area contributed by atoms with Crippen LogP contribution in [-0.4, -0.2) is 29.7 Å². The third-order valence-corrected chi connectivity index (χ3v) is 6.01. The van der Waals surface area contributed by atoms with E-state index < -0.39 is 6.04 Å². The average Bonchev–Trinajstić information content (AvgIpc) is 2.77. The average molecular weight is 399 g/mol. The van der Waals surface area contributed by atoms with Gasteiger partial charge in [0.2, 0.25) is 11.8 Å². The third-order valence-electron chi connectivity index (χ3n) is 4.75. The van der Waals surface area contributed by atoms with Crippen molar-refractivity contribution in [1.82, 2.24) is 5.32 Å². The Bertz CT molecular complexity index is 864. The van der Waals surface area contributed by atoms with E-state index in [0.717, 1.165) is 21.9 Å². The molecule has 2 aromatic rings. The molecule has 1 aliphatic heterocycles. The zero-order valence-corrected chi connectivity index (χ0v) is 17.5. The van der Waals surface area contributed by atoms with Crippen LogP contribution in [0.5, 0.6) is 5.75 Å². The van der Waals surface area contributed by atoms with Crippen molar-refractivity contribution in [3.05, 3.63) is 54.1 Å². The van der Waals surface area contributed by atoms with E-state index >= 15 is 0 Å². The van der Waals surface area contributed by atoms with Crippen LogP contribution in [0.2, 0.25) is 0 Å². The lowest BCUT2D eigenvalue weighted by molar-refractivity contribution is -0.126. The van der Waals surface area contributed by atoms with E-state index in [1.165, 1.54) is 0 Å². The summed E-state index contributed by atoms with van der Waals surface area (Å²) in [6.07, 6.45) is 0.377. The van der Waals surface area contributed by atoms with Gasteiger partial charge in [-0.3, -0.25) is 14.5 Å². The first-order valence-corrected chi connectivity index (χ1v) is 10.1. The second-order valence-electron chi connectivity index (χ2n) is 7.51. The van der Waals surface area contributed by atoms with Crippen LogP contribution in [0, 0.1) is 0 Å². The molecule has 0 fully saturated rings. The first-order chi connectivity index (χ1) is 13.3. The van der Waals surface area contributed by atoms with Crippen LogP contribution < -0.4 is 15.0 Å². The predicted octanol–water partition coefficient (Wildman–Crippen LogP) is 4.01. The van der Waals surface area contributed by atoms with Crippen LogP contribution in [0.15, 0.2) is 53.4 Å². The standard InChI is InChI=1S/C22H26N2O3S/c1-15(21(26)23-14-16-9-11-17(27-4)12-10-16)24-18-7-5-6-8-19(18)28-22(2,3)13-20(24)25/h5-12,15H,13-14H2,1-4H3,(H,23,26). The molecule has 148 valence electrons. The number of nitrogens with one attached hydrogen (secondary N) is 1. The van der Waals surface area contributed by atoms with E-state index in [0.29, 0.717) is 13.0 Å². The van der Waals surface area contributed by atoms with Gasteiger partial charge >= 0.3 is 0 Å². The van der Waals surface area contributed by atoms with Gasteiger partial charge in [-0.15, -0.1) is 11.8 Å². The molecule has 1 atom stereocenters. The maximum absolute atomic E-state index is 13.0. The molecule has 3 rings (SSSR count). The van der Waals surface area contributed by atoms with Crippen LogP contribution in [0.25, 0.3) is 0 Å². The number of methoxy groups -OCH3 is 1. The normalized spacial score (nSPS) is 16.7. The minimum Gasteiger partial charge on any atom is -0.497 e. The number of hydrogen-bond donors (Lipinski definition) is 1. The lowest BCUT2D eigenvalue weighted by atomic mass is 10.1. The monoisotopic (exact) mass is 398 g/mol. The SMILES string of the molecule is COc1ccc(CNC(=O)C(C)N2C(=O)CC(C)(C)Sc3ccccc32)cc1. The molecule has 0 spiro atoms. The van der Waals surface area contributed by atoms with Crippen LogP contribution >= 0.6 is 11.8 Å². The van der Waals surface area contributed by atoms with Crippen molar-refractivity contribution < 1.29 is 14.3 Å². The lowest BCUT2D eigenvalue weighted by Gasteiger charge is -2.28. The van der Waals surface area contributed by atoms with E-state index in [4.69, 9.17) is 4.74 Å². The van der Waals surface area contributed by atoms with Crippen LogP contribution in [-0.2, 0) is 16.1 Å². The molecule has 28 heavy (non-hydrogen) atoms. The van der Waals surface area contributed by atoms with Crippen molar-refractivity contribution in [2.45, 2.75) is 49.4 Å². The number of ether oxygens (including phenoxy) is 1. The van der Waals surface area contributed by atoms with E-state index in [1.54, 1.807) is 30.7 Å². The molecule has 0 radical (unpaired) electrons. The number of thioether (sulfide) groups is 1. The predicted molar refractivity (Wildman–Crippen MR) is 113 cm³/mol. The largest absolute Gasteiger partial charge is 0.497 e. The molecule has 1 heterocycles. The van der Waals surface area contributed by atoms with Gasteiger partial charge in [0.1, 0.15) is 11.8 Å². The van der Waals surface area contributed by atoms with Crippen molar-refractivity contribution in [1.29, 1.82) is 0 Å². The highest BCUT2D eigenvalue weighted by atomic mass is 32.2. The summed E-state index contributed by atoms with van der Waals surface area (Å²) in [5, 5.41) is 2.95. The van der Waals surface area contributed by atoms with Crippen molar-refractivity contribution in [2.24, 2.45) is 0 Å². The Hall–Kier alpha value is -2.47. The summed E-state index contributed by atoms with van der Waals surface area (Å²) in [5.41, 5.74) is 1.77. The van der Waals surface area contributed by atoms with Crippen LogP contribution in [0.1, 0.15) is 32.8 Å². The first kappa shape index (κ1) is 20.3. The smallest absolute Gasteiger partial charge is 0.243 e. The fourth-order valence-electron chi connectivity index (χ4n) is 3.28. The molecular weight excluding hydrogens is 372 g/mol. The molecule has 0 aromatic heterocycles. The van der Waals surface area contributed by atoms with E-state index in [1.807, 2.05) is 48.5 Å². The fourth-order valence-corrected chi connectivity index (χ4v) is 4.49. The fraction of sp³-hybridized carbons (Fsp3) is 0.364. The second-order valence-corrected chi connectivity index (χ2v) is 9.26. The van der Waals surface area contributed by atoms with Crippen molar-refractivity contribution >= 4 is 29.3 Å². The lowest BCUT2D eigenvalue weighted by Crippen LogP contribution is -2.48. The van der Waals surface area contributed by atoms with Crippen LogP contribution in [0.3, 0.4) is 0 Å². The van der Waals surface area contributed by atoms with Gasteiger partial charge in [-0.2, -0.15) is 0 Å². The van der Waals surface area contributed by atoms with Gasteiger partial charge in [0, 0.05) is 22.6 Å². The molecule has 0 bridgehead atoms. The minimum absolute atomic E-state index is 0.0328. The molecule has 5 nitrogen and oxygen atoms in total. The Morgan fingerprint density at radius 2 is 1.89 bits per heavy atom. The maximum Gasteiger partial charge on any atom is 0.243 e. The Morgan fingerprint density at radius 3 is 2.57 bits per heavy atom. The Labute approximate surface area is 170 Å². The van der Waals surface area contributed by atoms with Crippen molar-refractivity contribution in [3.8, 4) is 5.75 Å². The highest BCUT2D eigenvalue weighted by Crippen LogP contribution is 2.44. The van der Waals surface area contributed by atoms with Gasteiger partial charge in [-0.05, 0) is 50.6 Å². The van der Waals surface area contributed by atoms with Crippen molar-refractivity contribution in [3.63, 3.8) is 0 Å². The Morgan fingerprint density at radius 1 is 1.21 bits per heavy atom. The number of nitrogens with zero attached hydrogens (tertiary/aromatic N) is 1. The van der Waals surface area contributed by atoms with Crippen LogP contribution in [0.4, 0.5) is 5.69 Å². The van der Waals surface area contributed by atoms with Gasteiger partial charge in [0.15, 0.2) is 0 Å². The van der Waals surface area contributed by atoms with E-state index in [-0.39, 0.29) is 16.6 Å². The molecule has 6 heteroatoms. The van der Waals surface area contributed by atoms with Crippen molar-refractivity contribution in [2.75, 3.05) is 12.0 Å². The number of carbonyl (C=O) groups is 2. The molecule has 2 amide bonds. The summed E-state index contributed by atoms with van der Waals surface area (Å²) in [5.74, 6) is 0.563. The van der Waals surface area contributed by atoms with Gasteiger partial charge < -0.3 is 10.1 Å². The summed E-state index contributed by atoms with van der Waals surface area (Å²) < 4.78 is 4.93. The number of rotatable bonds is 5. The topological polar surface area (TPSA) is 58.6 Å². The number of benzene rings is 2. The summed E-state index contributed by atoms with van der Waals surface area (Å²) in [6.45, 7) is 6.30. The third kappa shape index (κ3) is 4.50. The zero-order chi connectivity index (χ0) is 20.3. The summed E-state index contributed by atoms with van der Waals surface area (Å²) in [7, 11) is 1.62. The molecule has 1 aliphatic rings. The Balaban J connectivity index is 1.77. The number of para-hydroxylation sites is 1. The maximum atomic E-state index is 13.0.